The third kappa shape index (κ3) is 3.05. The first-order valence-corrected chi connectivity index (χ1v) is 7.65. The number of benzene rings is 2. The molecule has 1 atom stereocenters. The number of hydrogen-bond acceptors (Lipinski definition) is 1. The number of rotatable bonds is 4. The summed E-state index contributed by atoms with van der Waals surface area (Å²) >= 11 is 9.25. The van der Waals surface area contributed by atoms with Gasteiger partial charge in [0.25, 0.3) is 0 Å². The van der Waals surface area contributed by atoms with Gasteiger partial charge in [-0.15, -0.1) is 0 Å². The molecule has 0 radical (unpaired) electrons. The zero-order valence-corrected chi connectivity index (χ0v) is 13.7. The molecule has 0 saturated heterocycles. The lowest BCUT2D eigenvalue weighted by Gasteiger charge is -2.22. The summed E-state index contributed by atoms with van der Waals surface area (Å²) in [5, 5.41) is 3.45. The molecule has 0 amide bonds. The molecule has 4 heteroatoms. The van der Waals surface area contributed by atoms with Crippen LogP contribution in [0.1, 0.15) is 29.7 Å². The first-order chi connectivity index (χ1) is 9.56. The van der Waals surface area contributed by atoms with Crippen LogP contribution in [0.3, 0.4) is 0 Å². The minimum Gasteiger partial charge on any atom is -0.306 e. The minimum absolute atomic E-state index is 0.124. The largest absolute Gasteiger partial charge is 0.306 e. The molecule has 0 heterocycles. The van der Waals surface area contributed by atoms with Crippen molar-refractivity contribution in [2.45, 2.75) is 19.9 Å². The second-order valence-corrected chi connectivity index (χ2v) is 5.84. The maximum atomic E-state index is 14.5. The quantitative estimate of drug-likeness (QED) is 0.738. The molecule has 0 fully saturated rings. The molecule has 0 bridgehead atoms. The summed E-state index contributed by atoms with van der Waals surface area (Å²) in [5.74, 6) is -0.379. The fourth-order valence-corrected chi connectivity index (χ4v) is 2.74. The maximum Gasteiger partial charge on any atom is 0.148 e. The van der Waals surface area contributed by atoms with Crippen molar-refractivity contribution in [3.63, 3.8) is 0 Å². The van der Waals surface area contributed by atoms with Crippen molar-refractivity contribution in [1.82, 2.24) is 5.32 Å². The molecule has 1 nitrogen and oxygen atoms in total. The Kier molecular flexibility index (Phi) is 5.19. The van der Waals surface area contributed by atoms with E-state index in [-0.39, 0.29) is 16.9 Å². The van der Waals surface area contributed by atoms with Crippen LogP contribution in [0.15, 0.2) is 40.9 Å². The van der Waals surface area contributed by atoms with Crippen LogP contribution in [0, 0.1) is 12.7 Å². The Bertz CT molecular complexity index is 615. The van der Waals surface area contributed by atoms with Crippen LogP contribution in [-0.4, -0.2) is 6.54 Å². The molecule has 20 heavy (non-hydrogen) atoms. The lowest BCUT2D eigenvalue weighted by Crippen LogP contribution is -2.23. The second kappa shape index (κ2) is 6.70. The van der Waals surface area contributed by atoms with Gasteiger partial charge in [0.05, 0.1) is 11.1 Å². The maximum absolute atomic E-state index is 14.5. The summed E-state index contributed by atoms with van der Waals surface area (Å²) in [6, 6.07) is 11.3. The van der Waals surface area contributed by atoms with Crippen LogP contribution in [0.2, 0.25) is 5.02 Å². The van der Waals surface area contributed by atoms with Crippen molar-refractivity contribution in [1.29, 1.82) is 0 Å². The van der Waals surface area contributed by atoms with E-state index in [1.54, 1.807) is 12.1 Å². The minimum atomic E-state index is -0.379. The van der Waals surface area contributed by atoms with Crippen molar-refractivity contribution in [2.75, 3.05) is 6.54 Å². The van der Waals surface area contributed by atoms with Gasteiger partial charge in [0, 0.05) is 10.0 Å². The van der Waals surface area contributed by atoms with Gasteiger partial charge in [-0.3, -0.25) is 0 Å². The van der Waals surface area contributed by atoms with Crippen molar-refractivity contribution in [3.05, 3.63) is 68.4 Å². The number of aryl methyl sites for hydroxylation is 1. The monoisotopic (exact) mass is 355 g/mol. The number of hydrogen-bond donors (Lipinski definition) is 1. The van der Waals surface area contributed by atoms with E-state index in [4.69, 9.17) is 11.6 Å². The van der Waals surface area contributed by atoms with Crippen LogP contribution >= 0.6 is 27.5 Å². The van der Waals surface area contributed by atoms with Gasteiger partial charge in [-0.2, -0.15) is 0 Å². The fraction of sp³-hybridized carbons (Fsp3) is 0.250. The summed E-state index contributed by atoms with van der Waals surface area (Å²) in [6.07, 6.45) is 0. The highest BCUT2D eigenvalue weighted by Gasteiger charge is 2.21. The summed E-state index contributed by atoms with van der Waals surface area (Å²) < 4.78 is 15.0. The molecule has 1 unspecified atom stereocenters. The highest BCUT2D eigenvalue weighted by molar-refractivity contribution is 9.10. The molecule has 2 aromatic rings. The van der Waals surface area contributed by atoms with Gasteiger partial charge in [0.15, 0.2) is 0 Å². The summed E-state index contributed by atoms with van der Waals surface area (Å²) in [7, 11) is 0. The van der Waals surface area contributed by atoms with E-state index in [0.29, 0.717) is 10.0 Å². The first-order valence-electron chi connectivity index (χ1n) is 6.48. The second-order valence-electron chi connectivity index (χ2n) is 4.61. The molecule has 2 aromatic carbocycles. The molecule has 0 saturated carbocycles. The van der Waals surface area contributed by atoms with E-state index in [1.165, 1.54) is 0 Å². The lowest BCUT2D eigenvalue weighted by molar-refractivity contribution is 0.557. The predicted molar refractivity (Wildman–Crippen MR) is 85.8 cm³/mol. The molecular weight excluding hydrogens is 341 g/mol. The third-order valence-electron chi connectivity index (χ3n) is 3.28. The normalized spacial score (nSPS) is 12.4. The first kappa shape index (κ1) is 15.5. The third-order valence-corrected chi connectivity index (χ3v) is 4.54. The molecule has 0 aromatic heterocycles. The van der Waals surface area contributed by atoms with Gasteiger partial charge < -0.3 is 5.32 Å². The van der Waals surface area contributed by atoms with Gasteiger partial charge >= 0.3 is 0 Å². The van der Waals surface area contributed by atoms with Crippen LogP contribution in [0.25, 0.3) is 0 Å². The van der Waals surface area contributed by atoms with Gasteiger partial charge in [-0.05, 0) is 46.6 Å². The van der Waals surface area contributed by atoms with Crippen LogP contribution in [-0.2, 0) is 0 Å². The molecule has 0 aliphatic rings. The van der Waals surface area contributed by atoms with E-state index in [2.05, 4.69) is 21.2 Å². The smallest absolute Gasteiger partial charge is 0.148 e. The van der Waals surface area contributed by atoms with Gasteiger partial charge in [0.2, 0.25) is 0 Å². The molecule has 0 aliphatic heterocycles. The highest BCUT2D eigenvalue weighted by atomic mass is 79.9. The molecular formula is C16H16BrClFN. The van der Waals surface area contributed by atoms with Crippen LogP contribution in [0.4, 0.5) is 4.39 Å². The summed E-state index contributed by atoms with van der Waals surface area (Å²) in [5.41, 5.74) is 2.75. The number of halogens is 3. The Morgan fingerprint density at radius 2 is 1.90 bits per heavy atom. The predicted octanol–water partition coefficient (Wildman–Crippen LogP) is 5.25. The van der Waals surface area contributed by atoms with Crippen molar-refractivity contribution in [3.8, 4) is 0 Å². The Morgan fingerprint density at radius 3 is 2.55 bits per heavy atom. The summed E-state index contributed by atoms with van der Waals surface area (Å²) in [6.45, 7) is 4.77. The van der Waals surface area contributed by atoms with E-state index < -0.39 is 0 Å². The Labute approximate surface area is 132 Å². The standard InChI is InChI=1S/C16H16BrClFN/c1-3-20-16(11-7-5-4-6-10(11)2)12-8-9-13(17)14(18)15(12)19/h4-9,16,20H,3H2,1-2H3. The Morgan fingerprint density at radius 1 is 1.20 bits per heavy atom. The Hall–Kier alpha value is -0.900. The van der Waals surface area contributed by atoms with E-state index in [9.17, 15) is 4.39 Å². The molecule has 1 N–H and O–H groups in total. The Balaban J connectivity index is 2.55. The van der Waals surface area contributed by atoms with Gasteiger partial charge in [0.1, 0.15) is 5.82 Å². The van der Waals surface area contributed by atoms with Gasteiger partial charge in [-0.25, -0.2) is 4.39 Å². The summed E-state index contributed by atoms with van der Waals surface area (Å²) in [4.78, 5) is 0. The lowest BCUT2D eigenvalue weighted by atomic mass is 9.94. The average Bonchev–Trinajstić information content (AvgIpc) is 2.44. The van der Waals surface area contributed by atoms with Crippen molar-refractivity contribution in [2.24, 2.45) is 0 Å². The zero-order chi connectivity index (χ0) is 14.7. The van der Waals surface area contributed by atoms with E-state index >= 15 is 0 Å². The zero-order valence-electron chi connectivity index (χ0n) is 11.4. The SMILES string of the molecule is CCNC(c1ccccc1C)c1ccc(Br)c(Cl)c1F. The van der Waals surface area contributed by atoms with Crippen LogP contribution in [0.5, 0.6) is 0 Å². The highest BCUT2D eigenvalue weighted by Crippen LogP contribution is 2.33. The van der Waals surface area contributed by atoms with Crippen LogP contribution < -0.4 is 5.32 Å². The fourth-order valence-electron chi connectivity index (χ4n) is 2.27. The topological polar surface area (TPSA) is 12.0 Å². The molecule has 106 valence electrons. The van der Waals surface area contributed by atoms with Crippen molar-refractivity contribution >= 4 is 27.5 Å². The van der Waals surface area contributed by atoms with Gasteiger partial charge in [-0.1, -0.05) is 48.9 Å². The molecule has 2 rings (SSSR count). The van der Waals surface area contributed by atoms with Crippen molar-refractivity contribution < 1.29 is 4.39 Å². The average molecular weight is 357 g/mol. The van der Waals surface area contributed by atoms with E-state index in [0.717, 1.165) is 17.7 Å². The molecule has 0 spiro atoms. The van der Waals surface area contributed by atoms with E-state index in [1.807, 2.05) is 38.1 Å². The number of nitrogens with one attached hydrogen (secondary N) is 1. The molecule has 0 aliphatic carbocycles.